The zero-order valence-electron chi connectivity index (χ0n) is 41.3. The number of ether oxygens (including phenoxy) is 8. The third kappa shape index (κ3) is 14.5. The summed E-state index contributed by atoms with van der Waals surface area (Å²) < 4.78 is 47.7. The van der Waals surface area contributed by atoms with Gasteiger partial charge in [-0.3, -0.25) is 0 Å². The molecule has 0 saturated carbocycles. The molecule has 6 rings (SSSR count). The number of hydrogen-bond donors (Lipinski definition) is 3. The Bertz CT molecular complexity index is 2210. The quantitative estimate of drug-likeness (QED) is 0.0534. The van der Waals surface area contributed by atoms with Gasteiger partial charge in [-0.2, -0.15) is 0 Å². The van der Waals surface area contributed by atoms with Crippen LogP contribution in [0.2, 0.25) is 0 Å². The number of hydrogen-bond acceptors (Lipinski definition) is 14. The van der Waals surface area contributed by atoms with Gasteiger partial charge in [-0.25, -0.2) is 9.59 Å². The van der Waals surface area contributed by atoms with Crippen molar-refractivity contribution in [2.24, 2.45) is 22.7 Å². The van der Waals surface area contributed by atoms with E-state index in [2.05, 4.69) is 10.0 Å². The molecule has 0 aromatic heterocycles. The molecule has 0 aliphatic carbocycles. The maximum Gasteiger partial charge on any atom is 0.339 e. The van der Waals surface area contributed by atoms with Crippen molar-refractivity contribution in [3.05, 3.63) is 105 Å². The highest BCUT2D eigenvalue weighted by Crippen LogP contribution is 2.36. The van der Waals surface area contributed by atoms with Gasteiger partial charge in [0.2, 0.25) is 0 Å². The third-order valence-electron chi connectivity index (χ3n) is 12.3. The summed E-state index contributed by atoms with van der Waals surface area (Å²) in [5.74, 6) is -1.56. The Labute approximate surface area is 401 Å². The molecule has 0 amide bonds. The Morgan fingerprint density at radius 3 is 1.53 bits per heavy atom. The number of azide groups is 1. The summed E-state index contributed by atoms with van der Waals surface area (Å²) in [5, 5.41) is 25.1. The van der Waals surface area contributed by atoms with E-state index in [0.717, 1.165) is 11.1 Å². The van der Waals surface area contributed by atoms with Gasteiger partial charge in [0.05, 0.1) is 36.5 Å². The molecule has 0 bridgehead atoms. The van der Waals surface area contributed by atoms with E-state index in [1.165, 1.54) is 0 Å². The highest BCUT2D eigenvalue weighted by atomic mass is 16.8. The van der Waals surface area contributed by atoms with Gasteiger partial charge in [0, 0.05) is 34.4 Å². The molecule has 4 aliphatic heterocycles. The van der Waals surface area contributed by atoms with Gasteiger partial charge in [-0.05, 0) is 116 Å². The number of nitrogens with zero attached hydrogens (tertiary/aromatic N) is 3. The van der Waals surface area contributed by atoms with Gasteiger partial charge in [-0.1, -0.05) is 79.7 Å². The smallest absolute Gasteiger partial charge is 0.339 e. The SMILES string of the molecule is Cc1ccc(OCCCN)c2c1C(=O)O[C@@H](C)[C@H](C)/C=C\C(O)[C@H]1OC(C)(C)O[C@H]1CC=C2.Cc1ccc(OCCCN=[N+]=[N-])c2c1C(=O)O[C@@H](C)[C@H](C)/C=C\C(O)[C@H]1OC(C)(C)O[C@H]1CC=C2. The van der Waals surface area contributed by atoms with Crippen molar-refractivity contribution >= 4 is 24.1 Å². The first-order valence-corrected chi connectivity index (χ1v) is 23.7. The fraction of sp³-hybridized carbons (Fsp3) is 0.577. The molecule has 2 aromatic rings. The highest BCUT2D eigenvalue weighted by molar-refractivity contribution is 5.97. The van der Waals surface area contributed by atoms with Gasteiger partial charge in [0.25, 0.3) is 0 Å². The Balaban J connectivity index is 0.000000255. The minimum Gasteiger partial charge on any atom is -0.493 e. The standard InChI is InChI=1S/C26H35N3O6.C26H37NO6/c1-16-10-12-20(30)24-22(34-26(4,5)35-24)9-6-8-19-21(32-15-7-14-28-29-27)13-11-17(2)23(19)25(31)33-18(16)3;1-16-10-12-20(28)24-22(32-26(4,5)33-24)9-6-8-19-21(30-15-7-14-27)13-11-17(2)23(19)25(29)31-18(16)3/h6,8,10-13,16,18,20,22,24,30H,7,9,14-15H2,1-5H3;6,8,10-13,16,18,20,22,24,28H,7,9,14-15,27H2,1-5H3/b2*8-6?,12-10-/t2*16-,18+,20?,22+,24-/m11/s1. The predicted octanol–water partition coefficient (Wildman–Crippen LogP) is 8.87. The molecular weight excluding hydrogens is 873 g/mol. The molecule has 4 aliphatic rings. The minimum atomic E-state index is -0.868. The first kappa shape index (κ1) is 53.9. The van der Waals surface area contributed by atoms with Crippen LogP contribution in [0.1, 0.15) is 124 Å². The lowest BCUT2D eigenvalue weighted by Crippen LogP contribution is -2.34. The van der Waals surface area contributed by atoms with Crippen molar-refractivity contribution in [1.29, 1.82) is 0 Å². The van der Waals surface area contributed by atoms with E-state index in [9.17, 15) is 19.8 Å². The first-order chi connectivity index (χ1) is 32.3. The van der Waals surface area contributed by atoms with Crippen LogP contribution in [-0.2, 0) is 28.4 Å². The average Bonchev–Trinajstić information content (AvgIpc) is 3.77. The first-order valence-electron chi connectivity index (χ1n) is 23.7. The van der Waals surface area contributed by atoms with E-state index in [1.807, 2.05) is 130 Å². The fourth-order valence-corrected chi connectivity index (χ4v) is 8.26. The third-order valence-corrected chi connectivity index (χ3v) is 12.3. The van der Waals surface area contributed by atoms with Crippen LogP contribution in [0.5, 0.6) is 11.5 Å². The van der Waals surface area contributed by atoms with Gasteiger partial charge < -0.3 is 53.8 Å². The van der Waals surface area contributed by atoms with Crippen LogP contribution < -0.4 is 15.2 Å². The molecule has 2 fully saturated rings. The van der Waals surface area contributed by atoms with Crippen LogP contribution in [0.15, 0.2) is 65.8 Å². The van der Waals surface area contributed by atoms with Crippen LogP contribution in [0.3, 0.4) is 0 Å². The molecule has 2 saturated heterocycles. The number of fused-ring (bicyclic) bond motifs is 4. The molecule has 10 atom stereocenters. The summed E-state index contributed by atoms with van der Waals surface area (Å²) in [4.78, 5) is 29.2. The molecule has 16 nitrogen and oxygen atoms in total. The van der Waals surface area contributed by atoms with Crippen LogP contribution in [-0.4, -0.2) is 109 Å². The number of cyclic esters (lactones) is 2. The van der Waals surface area contributed by atoms with Crippen molar-refractivity contribution in [2.75, 3.05) is 26.3 Å². The van der Waals surface area contributed by atoms with Crippen LogP contribution in [0, 0.1) is 25.7 Å². The Morgan fingerprint density at radius 1 is 0.691 bits per heavy atom. The lowest BCUT2D eigenvalue weighted by Gasteiger charge is -2.23. The van der Waals surface area contributed by atoms with E-state index in [0.29, 0.717) is 85.7 Å². The molecule has 16 heteroatoms. The lowest BCUT2D eigenvalue weighted by atomic mass is 9.97. The number of esters is 2. The number of benzene rings is 2. The molecular formula is C52H72N4O12. The maximum absolute atomic E-state index is 13.3. The van der Waals surface area contributed by atoms with E-state index in [4.69, 9.17) is 49.2 Å². The fourth-order valence-electron chi connectivity index (χ4n) is 8.26. The second kappa shape index (κ2) is 24.5. The van der Waals surface area contributed by atoms with Crippen molar-refractivity contribution in [2.45, 2.75) is 155 Å². The summed E-state index contributed by atoms with van der Waals surface area (Å²) in [7, 11) is 0. The minimum absolute atomic E-state index is 0.108. The number of nitrogens with two attached hydrogens (primary N) is 1. The average molecular weight is 945 g/mol. The molecule has 0 radical (unpaired) electrons. The van der Waals surface area contributed by atoms with Crippen molar-refractivity contribution in [1.82, 2.24) is 0 Å². The van der Waals surface area contributed by atoms with Gasteiger partial charge in [0.1, 0.15) is 48.1 Å². The number of rotatable bonds is 9. The van der Waals surface area contributed by atoms with Crippen LogP contribution in [0.25, 0.3) is 22.6 Å². The molecule has 4 heterocycles. The maximum atomic E-state index is 13.3. The highest BCUT2D eigenvalue weighted by Gasteiger charge is 2.45. The number of carbonyl (C=O) groups excluding carboxylic acids is 2. The molecule has 372 valence electrons. The monoisotopic (exact) mass is 945 g/mol. The molecule has 2 unspecified atom stereocenters. The van der Waals surface area contributed by atoms with Crippen molar-refractivity contribution < 1.29 is 57.7 Å². The summed E-state index contributed by atoms with van der Waals surface area (Å²) in [6.07, 6.45) is 12.5. The number of aliphatic hydroxyl groups is 2. The second-order valence-electron chi connectivity index (χ2n) is 18.7. The normalized spacial score (nSPS) is 29.9. The second-order valence-corrected chi connectivity index (χ2v) is 18.7. The van der Waals surface area contributed by atoms with Crippen molar-refractivity contribution in [3.8, 4) is 11.5 Å². The van der Waals surface area contributed by atoms with Crippen LogP contribution in [0.4, 0.5) is 0 Å². The summed E-state index contributed by atoms with van der Waals surface area (Å²) in [6.45, 7) is 20.3. The zero-order chi connectivity index (χ0) is 49.8. The number of carbonyl (C=O) groups is 2. The number of aliphatic hydroxyl groups excluding tert-OH is 2. The summed E-state index contributed by atoms with van der Waals surface area (Å²) in [6, 6.07) is 7.38. The predicted molar refractivity (Wildman–Crippen MR) is 259 cm³/mol. The molecule has 68 heavy (non-hydrogen) atoms. The summed E-state index contributed by atoms with van der Waals surface area (Å²) >= 11 is 0. The van der Waals surface area contributed by atoms with Gasteiger partial charge in [-0.15, -0.1) is 0 Å². The zero-order valence-corrected chi connectivity index (χ0v) is 41.3. The van der Waals surface area contributed by atoms with Gasteiger partial charge >= 0.3 is 11.9 Å². The Morgan fingerprint density at radius 2 is 1.12 bits per heavy atom. The Kier molecular flexibility index (Phi) is 19.4. The topological polar surface area (TPSA) is 223 Å². The largest absolute Gasteiger partial charge is 0.493 e. The lowest BCUT2D eigenvalue weighted by molar-refractivity contribution is -0.152. The Hall–Kier alpha value is -5.03. The number of aryl methyl sites for hydroxylation is 2. The molecule has 4 N–H and O–H groups in total. The van der Waals surface area contributed by atoms with Gasteiger partial charge in [0.15, 0.2) is 11.6 Å². The van der Waals surface area contributed by atoms with E-state index in [-0.39, 0.29) is 24.0 Å². The molecule has 2 aromatic carbocycles. The van der Waals surface area contributed by atoms with E-state index in [1.54, 1.807) is 12.2 Å². The molecule has 0 spiro atoms. The summed E-state index contributed by atoms with van der Waals surface area (Å²) in [5.41, 5.74) is 17.9. The van der Waals surface area contributed by atoms with E-state index >= 15 is 0 Å². The van der Waals surface area contributed by atoms with Crippen LogP contribution >= 0.6 is 0 Å². The van der Waals surface area contributed by atoms with Crippen molar-refractivity contribution in [3.63, 3.8) is 0 Å². The van der Waals surface area contributed by atoms with E-state index < -0.39 is 60.1 Å².